The molecule has 4 heteroatoms. The minimum Gasteiger partial charge on any atom is -0.495 e. The van der Waals surface area contributed by atoms with E-state index in [1.165, 1.54) is 0 Å². The van der Waals surface area contributed by atoms with E-state index in [2.05, 4.69) is 12.2 Å². The molecule has 0 bridgehead atoms. The number of methoxy groups -OCH3 is 1. The van der Waals surface area contributed by atoms with E-state index in [4.69, 9.17) is 22.1 Å². The minimum absolute atomic E-state index is 0.216. The average Bonchev–Trinajstić information content (AvgIpc) is 2.30. The molecule has 90 valence electrons. The van der Waals surface area contributed by atoms with E-state index < -0.39 is 0 Å². The molecule has 2 unspecified atom stereocenters. The van der Waals surface area contributed by atoms with Crippen LogP contribution < -0.4 is 15.8 Å². The summed E-state index contributed by atoms with van der Waals surface area (Å²) in [6.07, 6.45) is 0. The van der Waals surface area contributed by atoms with Crippen molar-refractivity contribution in [2.24, 2.45) is 11.7 Å². The lowest BCUT2D eigenvalue weighted by molar-refractivity contribution is 0.409. The third-order valence-electron chi connectivity index (χ3n) is 2.79. The summed E-state index contributed by atoms with van der Waals surface area (Å²) in [7, 11) is 3.54. The van der Waals surface area contributed by atoms with Crippen LogP contribution in [0.1, 0.15) is 18.5 Å². The number of hydrogen-bond donors (Lipinski definition) is 2. The fourth-order valence-electron chi connectivity index (χ4n) is 1.79. The highest BCUT2D eigenvalue weighted by Gasteiger charge is 2.17. The Bertz CT molecular complexity index is 344. The first-order valence-electron chi connectivity index (χ1n) is 5.34. The summed E-state index contributed by atoms with van der Waals surface area (Å²) in [6, 6.07) is 6.03. The maximum absolute atomic E-state index is 6.09. The third-order valence-corrected chi connectivity index (χ3v) is 3.08. The van der Waals surface area contributed by atoms with Crippen LogP contribution >= 0.6 is 11.6 Å². The summed E-state index contributed by atoms with van der Waals surface area (Å²) in [5, 5.41) is 3.88. The van der Waals surface area contributed by atoms with E-state index in [1.807, 2.05) is 25.2 Å². The molecule has 0 radical (unpaired) electrons. The predicted octanol–water partition coefficient (Wildman–Crippen LogP) is 2.20. The second-order valence-corrected chi connectivity index (χ2v) is 4.28. The van der Waals surface area contributed by atoms with Gasteiger partial charge in [0, 0.05) is 6.04 Å². The van der Waals surface area contributed by atoms with Crippen molar-refractivity contribution in [2.45, 2.75) is 13.0 Å². The Morgan fingerprint density at radius 3 is 2.62 bits per heavy atom. The molecule has 0 heterocycles. The highest BCUT2D eigenvalue weighted by molar-refractivity contribution is 6.32. The third kappa shape index (κ3) is 2.88. The van der Waals surface area contributed by atoms with Crippen molar-refractivity contribution < 1.29 is 4.74 Å². The minimum atomic E-state index is 0.216. The lowest BCUT2D eigenvalue weighted by Gasteiger charge is -2.23. The Morgan fingerprint density at radius 1 is 1.50 bits per heavy atom. The molecule has 0 fully saturated rings. The fraction of sp³-hybridized carbons (Fsp3) is 0.500. The lowest BCUT2D eigenvalue weighted by atomic mass is 9.95. The van der Waals surface area contributed by atoms with Gasteiger partial charge in [-0.1, -0.05) is 24.6 Å². The van der Waals surface area contributed by atoms with Crippen molar-refractivity contribution in [3.05, 3.63) is 28.8 Å². The highest BCUT2D eigenvalue weighted by Crippen LogP contribution is 2.29. The van der Waals surface area contributed by atoms with Crippen LogP contribution in [-0.4, -0.2) is 20.7 Å². The second-order valence-electron chi connectivity index (χ2n) is 3.87. The van der Waals surface area contributed by atoms with Crippen molar-refractivity contribution in [2.75, 3.05) is 20.7 Å². The second kappa shape index (κ2) is 6.09. The summed E-state index contributed by atoms with van der Waals surface area (Å²) in [5.41, 5.74) is 6.81. The number of benzene rings is 1. The molecule has 1 rings (SSSR count). The Kier molecular flexibility index (Phi) is 5.06. The number of ether oxygens (including phenoxy) is 1. The number of halogens is 1. The Labute approximate surface area is 102 Å². The van der Waals surface area contributed by atoms with E-state index >= 15 is 0 Å². The topological polar surface area (TPSA) is 47.3 Å². The maximum Gasteiger partial charge on any atom is 0.137 e. The molecule has 0 saturated heterocycles. The summed E-state index contributed by atoms with van der Waals surface area (Å²) in [5.74, 6) is 1.05. The van der Waals surface area contributed by atoms with Crippen molar-refractivity contribution in [1.82, 2.24) is 5.32 Å². The van der Waals surface area contributed by atoms with Gasteiger partial charge in [0.05, 0.1) is 12.1 Å². The van der Waals surface area contributed by atoms with Crippen LogP contribution in [0.2, 0.25) is 5.02 Å². The van der Waals surface area contributed by atoms with Crippen molar-refractivity contribution in [3.8, 4) is 5.75 Å². The van der Waals surface area contributed by atoms with Crippen LogP contribution in [0.25, 0.3) is 0 Å². The maximum atomic E-state index is 6.09. The molecule has 3 nitrogen and oxygen atoms in total. The van der Waals surface area contributed by atoms with Gasteiger partial charge in [0.2, 0.25) is 0 Å². The molecule has 0 saturated carbocycles. The molecule has 3 N–H and O–H groups in total. The van der Waals surface area contributed by atoms with Gasteiger partial charge in [0.1, 0.15) is 5.75 Å². The van der Waals surface area contributed by atoms with Crippen LogP contribution in [0.3, 0.4) is 0 Å². The molecule has 0 aliphatic heterocycles. The number of hydrogen-bond acceptors (Lipinski definition) is 3. The molecular weight excluding hydrogens is 224 g/mol. The smallest absolute Gasteiger partial charge is 0.137 e. The van der Waals surface area contributed by atoms with E-state index in [0.717, 1.165) is 5.56 Å². The Balaban J connectivity index is 2.98. The molecule has 0 aliphatic carbocycles. The van der Waals surface area contributed by atoms with Gasteiger partial charge in [-0.05, 0) is 37.2 Å². The molecule has 0 aliphatic rings. The molecule has 0 amide bonds. The van der Waals surface area contributed by atoms with Gasteiger partial charge in [-0.25, -0.2) is 0 Å². The summed E-state index contributed by atoms with van der Waals surface area (Å²) >= 11 is 6.09. The first kappa shape index (κ1) is 13.3. The van der Waals surface area contributed by atoms with Gasteiger partial charge in [-0.3, -0.25) is 0 Å². The standard InChI is InChI=1S/C12H19ClN2O/c1-8(7-14)12(15-2)9-4-5-11(16-3)10(13)6-9/h4-6,8,12,15H,7,14H2,1-3H3. The summed E-state index contributed by atoms with van der Waals surface area (Å²) in [6.45, 7) is 2.74. The average molecular weight is 243 g/mol. The van der Waals surface area contributed by atoms with Crippen LogP contribution in [0.5, 0.6) is 5.75 Å². The largest absolute Gasteiger partial charge is 0.495 e. The van der Waals surface area contributed by atoms with Crippen molar-refractivity contribution in [1.29, 1.82) is 0 Å². The number of rotatable bonds is 5. The molecule has 1 aromatic carbocycles. The molecule has 16 heavy (non-hydrogen) atoms. The molecule has 0 aromatic heterocycles. The summed E-state index contributed by atoms with van der Waals surface area (Å²) in [4.78, 5) is 0. The quantitative estimate of drug-likeness (QED) is 0.832. The zero-order valence-corrected chi connectivity index (χ0v) is 10.7. The van der Waals surface area contributed by atoms with Crippen LogP contribution in [0, 0.1) is 5.92 Å². The Morgan fingerprint density at radius 2 is 2.19 bits per heavy atom. The SMILES string of the molecule is CNC(c1ccc(OC)c(Cl)c1)C(C)CN. The monoisotopic (exact) mass is 242 g/mol. The van der Waals surface area contributed by atoms with E-state index in [1.54, 1.807) is 7.11 Å². The van der Waals surface area contributed by atoms with Crippen LogP contribution in [0.4, 0.5) is 0 Å². The van der Waals surface area contributed by atoms with Crippen LogP contribution in [-0.2, 0) is 0 Å². The normalized spacial score (nSPS) is 14.6. The Hall–Kier alpha value is -0.770. The lowest BCUT2D eigenvalue weighted by Crippen LogP contribution is -2.28. The number of nitrogens with two attached hydrogens (primary N) is 1. The van der Waals surface area contributed by atoms with Gasteiger partial charge in [-0.15, -0.1) is 0 Å². The van der Waals surface area contributed by atoms with Crippen molar-refractivity contribution in [3.63, 3.8) is 0 Å². The van der Waals surface area contributed by atoms with E-state index in [0.29, 0.717) is 23.2 Å². The van der Waals surface area contributed by atoms with Gasteiger partial charge in [-0.2, -0.15) is 0 Å². The highest BCUT2D eigenvalue weighted by atomic mass is 35.5. The molecule has 1 aromatic rings. The first-order valence-corrected chi connectivity index (χ1v) is 5.72. The van der Waals surface area contributed by atoms with Gasteiger partial charge in [0.15, 0.2) is 0 Å². The molecule has 0 spiro atoms. The van der Waals surface area contributed by atoms with E-state index in [-0.39, 0.29) is 6.04 Å². The number of nitrogens with one attached hydrogen (secondary N) is 1. The van der Waals surface area contributed by atoms with Crippen molar-refractivity contribution >= 4 is 11.6 Å². The zero-order valence-electron chi connectivity index (χ0n) is 9.96. The van der Waals surface area contributed by atoms with Crippen LogP contribution in [0.15, 0.2) is 18.2 Å². The van der Waals surface area contributed by atoms with Gasteiger partial charge < -0.3 is 15.8 Å². The molecule has 2 atom stereocenters. The van der Waals surface area contributed by atoms with Gasteiger partial charge >= 0.3 is 0 Å². The summed E-state index contributed by atoms with van der Waals surface area (Å²) < 4.78 is 5.12. The zero-order chi connectivity index (χ0) is 12.1. The van der Waals surface area contributed by atoms with Gasteiger partial charge in [0.25, 0.3) is 0 Å². The fourth-order valence-corrected chi connectivity index (χ4v) is 2.06. The molecular formula is C12H19ClN2O. The van der Waals surface area contributed by atoms with E-state index in [9.17, 15) is 0 Å². The first-order chi connectivity index (χ1) is 7.63. The predicted molar refractivity (Wildman–Crippen MR) is 68.0 cm³/mol.